The molecule has 0 radical (unpaired) electrons. The number of rotatable bonds is 4. The Kier molecular flexibility index (Phi) is 4.43. The molecule has 1 saturated heterocycles. The van der Waals surface area contributed by atoms with Gasteiger partial charge >= 0.3 is 0 Å². The predicted molar refractivity (Wildman–Crippen MR) is 89.0 cm³/mol. The molecule has 5 heteroatoms. The quantitative estimate of drug-likeness (QED) is 0.868. The van der Waals surface area contributed by atoms with Gasteiger partial charge < -0.3 is 4.90 Å². The van der Waals surface area contributed by atoms with Gasteiger partial charge in [-0.2, -0.15) is 5.10 Å². The molecule has 1 fully saturated rings. The topological polar surface area (TPSA) is 37.2 Å². The molecule has 0 spiro atoms. The molecule has 3 rings (SSSR count). The first-order valence-electron chi connectivity index (χ1n) is 7.95. The maximum atomic E-state index is 4.42. The molecule has 0 aliphatic carbocycles. The summed E-state index contributed by atoms with van der Waals surface area (Å²) in [5.74, 6) is 1.65. The summed E-state index contributed by atoms with van der Waals surface area (Å²) in [6, 6.07) is 4.41. The summed E-state index contributed by atoms with van der Waals surface area (Å²) in [6.45, 7) is 3.29. The van der Waals surface area contributed by atoms with Crippen LogP contribution in [-0.4, -0.2) is 46.8 Å². The van der Waals surface area contributed by atoms with Gasteiger partial charge in [0.15, 0.2) is 0 Å². The second kappa shape index (κ2) is 6.48. The highest BCUT2D eigenvalue weighted by Crippen LogP contribution is 2.28. The molecular formula is C17H25N5. The van der Waals surface area contributed by atoms with E-state index in [4.69, 9.17) is 0 Å². The first-order valence-corrected chi connectivity index (χ1v) is 7.95. The molecule has 3 heterocycles. The van der Waals surface area contributed by atoms with Crippen molar-refractivity contribution in [3.63, 3.8) is 0 Å². The van der Waals surface area contributed by atoms with E-state index in [9.17, 15) is 0 Å². The minimum absolute atomic E-state index is 0.604. The van der Waals surface area contributed by atoms with E-state index in [1.807, 2.05) is 38.2 Å². The van der Waals surface area contributed by atoms with Gasteiger partial charge in [0.05, 0.1) is 6.20 Å². The van der Waals surface area contributed by atoms with Gasteiger partial charge in [-0.1, -0.05) is 0 Å². The largest absolute Gasteiger partial charge is 0.363 e. The fourth-order valence-electron chi connectivity index (χ4n) is 3.22. The van der Waals surface area contributed by atoms with Gasteiger partial charge in [0.2, 0.25) is 0 Å². The third-order valence-electron chi connectivity index (χ3n) is 4.37. The Morgan fingerprint density at radius 2 is 2.23 bits per heavy atom. The molecule has 5 nitrogen and oxygen atoms in total. The van der Waals surface area contributed by atoms with E-state index in [1.54, 1.807) is 0 Å². The van der Waals surface area contributed by atoms with Gasteiger partial charge in [0.25, 0.3) is 0 Å². The zero-order chi connectivity index (χ0) is 15.5. The molecule has 0 N–H and O–H groups in total. The average molecular weight is 299 g/mol. The number of anilines is 1. The molecule has 1 aliphatic heterocycles. The minimum Gasteiger partial charge on any atom is -0.363 e. The Morgan fingerprint density at radius 1 is 1.36 bits per heavy atom. The van der Waals surface area contributed by atoms with Crippen molar-refractivity contribution >= 4 is 5.82 Å². The highest BCUT2D eigenvalue weighted by atomic mass is 15.2. The van der Waals surface area contributed by atoms with E-state index >= 15 is 0 Å². The Balaban J connectivity index is 1.68. The molecule has 2 aromatic heterocycles. The van der Waals surface area contributed by atoms with Crippen LogP contribution >= 0.6 is 0 Å². The molecule has 0 bridgehead atoms. The number of piperidine rings is 1. The van der Waals surface area contributed by atoms with Crippen molar-refractivity contribution in [3.8, 4) is 0 Å². The van der Waals surface area contributed by atoms with Crippen LogP contribution in [0.4, 0.5) is 5.82 Å². The van der Waals surface area contributed by atoms with Crippen LogP contribution in [0, 0.1) is 0 Å². The van der Waals surface area contributed by atoms with Gasteiger partial charge in [-0.05, 0) is 43.0 Å². The smallest absolute Gasteiger partial charge is 0.128 e. The number of hydrogen-bond acceptors (Lipinski definition) is 4. The second-order valence-electron chi connectivity index (χ2n) is 6.44. The molecular weight excluding hydrogens is 274 g/mol. The SMILES string of the molecule is CN(C)c1cc([C@H]2CCCN(Cc3cnn(C)c3)C2)ccn1. The molecule has 0 saturated carbocycles. The van der Waals surface area contributed by atoms with Crippen LogP contribution in [0.1, 0.15) is 29.9 Å². The van der Waals surface area contributed by atoms with Crippen molar-refractivity contribution in [2.45, 2.75) is 25.3 Å². The lowest BCUT2D eigenvalue weighted by atomic mass is 9.91. The third-order valence-corrected chi connectivity index (χ3v) is 4.37. The Hall–Kier alpha value is -1.88. The summed E-state index contributed by atoms with van der Waals surface area (Å²) in [5.41, 5.74) is 2.71. The summed E-state index contributed by atoms with van der Waals surface area (Å²) in [5, 5.41) is 4.27. The van der Waals surface area contributed by atoms with E-state index in [-0.39, 0.29) is 0 Å². The van der Waals surface area contributed by atoms with E-state index in [0.717, 1.165) is 18.9 Å². The van der Waals surface area contributed by atoms with Crippen molar-refractivity contribution in [3.05, 3.63) is 41.9 Å². The average Bonchev–Trinajstić information content (AvgIpc) is 2.93. The molecule has 0 unspecified atom stereocenters. The maximum Gasteiger partial charge on any atom is 0.128 e. The number of nitrogens with zero attached hydrogens (tertiary/aromatic N) is 5. The van der Waals surface area contributed by atoms with Gasteiger partial charge in [0, 0.05) is 52.2 Å². The van der Waals surface area contributed by atoms with Crippen molar-refractivity contribution < 1.29 is 0 Å². The normalized spacial score (nSPS) is 19.3. The molecule has 2 aromatic rings. The fraction of sp³-hybridized carbons (Fsp3) is 0.529. The zero-order valence-corrected chi connectivity index (χ0v) is 13.7. The summed E-state index contributed by atoms with van der Waals surface area (Å²) in [7, 11) is 6.06. The fourth-order valence-corrected chi connectivity index (χ4v) is 3.22. The highest BCUT2D eigenvalue weighted by Gasteiger charge is 2.22. The molecule has 118 valence electrons. The Morgan fingerprint density at radius 3 is 2.95 bits per heavy atom. The van der Waals surface area contributed by atoms with Gasteiger partial charge in [-0.25, -0.2) is 4.98 Å². The molecule has 1 atom stereocenters. The third kappa shape index (κ3) is 3.47. The van der Waals surface area contributed by atoms with Crippen LogP contribution in [0.15, 0.2) is 30.7 Å². The van der Waals surface area contributed by atoms with Gasteiger partial charge in [-0.15, -0.1) is 0 Å². The van der Waals surface area contributed by atoms with Gasteiger partial charge in [-0.3, -0.25) is 9.58 Å². The number of aromatic nitrogens is 3. The van der Waals surface area contributed by atoms with Crippen molar-refractivity contribution in [2.75, 3.05) is 32.1 Å². The second-order valence-corrected chi connectivity index (χ2v) is 6.44. The number of pyridine rings is 1. The van der Waals surface area contributed by atoms with Gasteiger partial charge in [0.1, 0.15) is 5.82 Å². The van der Waals surface area contributed by atoms with Crippen LogP contribution in [0.2, 0.25) is 0 Å². The van der Waals surface area contributed by atoms with E-state index < -0.39 is 0 Å². The Bertz CT molecular complexity index is 619. The standard InChI is InChI=1S/C17H25N5/c1-20(2)17-9-15(6-7-18-17)16-5-4-8-22(13-16)12-14-10-19-21(3)11-14/h6-7,9-11,16H,4-5,8,12-13H2,1-3H3/t16-/m0/s1. The summed E-state index contributed by atoms with van der Waals surface area (Å²) in [6.07, 6.45) is 8.54. The first kappa shape index (κ1) is 15.0. The molecule has 1 aliphatic rings. The van der Waals surface area contributed by atoms with Crippen LogP contribution < -0.4 is 4.90 Å². The number of likely N-dealkylation sites (tertiary alicyclic amines) is 1. The highest BCUT2D eigenvalue weighted by molar-refractivity contribution is 5.40. The molecule has 0 aromatic carbocycles. The van der Waals surface area contributed by atoms with E-state index in [2.05, 4.69) is 38.2 Å². The monoisotopic (exact) mass is 299 g/mol. The lowest BCUT2D eigenvalue weighted by Crippen LogP contribution is -2.33. The van der Waals surface area contributed by atoms with Crippen LogP contribution in [0.3, 0.4) is 0 Å². The summed E-state index contributed by atoms with van der Waals surface area (Å²) in [4.78, 5) is 9.04. The van der Waals surface area contributed by atoms with Crippen LogP contribution in [0.5, 0.6) is 0 Å². The summed E-state index contributed by atoms with van der Waals surface area (Å²) < 4.78 is 1.88. The van der Waals surface area contributed by atoms with E-state index in [0.29, 0.717) is 5.92 Å². The lowest BCUT2D eigenvalue weighted by molar-refractivity contribution is 0.200. The molecule has 0 amide bonds. The van der Waals surface area contributed by atoms with Crippen molar-refractivity contribution in [1.82, 2.24) is 19.7 Å². The van der Waals surface area contributed by atoms with E-state index in [1.165, 1.54) is 30.5 Å². The van der Waals surface area contributed by atoms with Crippen molar-refractivity contribution in [1.29, 1.82) is 0 Å². The zero-order valence-electron chi connectivity index (χ0n) is 13.7. The maximum absolute atomic E-state index is 4.42. The van der Waals surface area contributed by atoms with Crippen LogP contribution in [-0.2, 0) is 13.6 Å². The summed E-state index contributed by atoms with van der Waals surface area (Å²) >= 11 is 0. The number of aryl methyl sites for hydroxylation is 1. The molecule has 22 heavy (non-hydrogen) atoms. The lowest BCUT2D eigenvalue weighted by Gasteiger charge is -2.33. The van der Waals surface area contributed by atoms with Crippen LogP contribution in [0.25, 0.3) is 0 Å². The Labute approximate surface area is 132 Å². The first-order chi connectivity index (χ1) is 10.6. The number of hydrogen-bond donors (Lipinski definition) is 0. The minimum atomic E-state index is 0.604. The van der Waals surface area contributed by atoms with Crippen molar-refractivity contribution in [2.24, 2.45) is 7.05 Å². The predicted octanol–water partition coefficient (Wildman–Crippen LogP) is 2.26.